The molecule has 1 rings (SSSR count). The second-order valence-electron chi connectivity index (χ2n) is 6.00. The molecule has 0 aromatic rings. The number of likely N-dealkylation sites (N-methyl/N-ethyl adjacent to an activating group) is 1. The molecule has 1 heterocycles. The van der Waals surface area contributed by atoms with Crippen LogP contribution in [0.5, 0.6) is 0 Å². The Bertz CT molecular complexity index is 296. The normalized spacial score (nSPS) is 34.6. The van der Waals surface area contributed by atoms with Gasteiger partial charge in [-0.3, -0.25) is 0 Å². The summed E-state index contributed by atoms with van der Waals surface area (Å²) in [6, 6.07) is 0. The van der Waals surface area contributed by atoms with E-state index in [1.165, 1.54) is 25.8 Å². The fourth-order valence-electron chi connectivity index (χ4n) is 3.14. The molecular weight excluding hydrogens is 274 g/mol. The number of nitrogens with zero attached hydrogens (tertiary/aromatic N) is 1. The maximum Gasteiger partial charge on any atom is 0.390 e. The molecule has 19 heavy (non-hydrogen) atoms. The summed E-state index contributed by atoms with van der Waals surface area (Å²) in [5, 5.41) is 2.57. The Morgan fingerprint density at radius 1 is 0.895 bits per heavy atom. The molecule has 1 fully saturated rings. The average molecular weight is 292 g/mol. The summed E-state index contributed by atoms with van der Waals surface area (Å²) < 4.78 is 75.1. The third kappa shape index (κ3) is 5.56. The molecule has 0 bridgehead atoms. The number of hydrogen-bond acceptors (Lipinski definition) is 2. The summed E-state index contributed by atoms with van der Waals surface area (Å²) >= 11 is 0. The van der Waals surface area contributed by atoms with E-state index in [0.717, 1.165) is 0 Å². The van der Waals surface area contributed by atoms with Crippen molar-refractivity contribution in [2.45, 2.75) is 50.1 Å². The molecule has 2 nitrogen and oxygen atoms in total. The fourth-order valence-corrected chi connectivity index (χ4v) is 3.14. The molecule has 1 saturated heterocycles. The minimum absolute atomic E-state index is 0.0555. The van der Waals surface area contributed by atoms with E-state index < -0.39 is 36.3 Å². The Balaban J connectivity index is 2.88. The van der Waals surface area contributed by atoms with Gasteiger partial charge in [-0.2, -0.15) is 26.3 Å². The number of halogens is 6. The second-order valence-corrected chi connectivity index (χ2v) is 6.00. The molecule has 0 saturated carbocycles. The van der Waals surface area contributed by atoms with E-state index in [1.807, 2.05) is 0 Å². The van der Waals surface area contributed by atoms with E-state index in [2.05, 4.69) is 5.32 Å². The van der Waals surface area contributed by atoms with E-state index >= 15 is 0 Å². The van der Waals surface area contributed by atoms with Crippen molar-refractivity contribution in [2.75, 3.05) is 20.1 Å². The van der Waals surface area contributed by atoms with Crippen LogP contribution in [0.1, 0.15) is 26.7 Å². The highest BCUT2D eigenvalue weighted by Crippen LogP contribution is 2.36. The van der Waals surface area contributed by atoms with Crippen LogP contribution in [0.3, 0.4) is 0 Å². The summed E-state index contributed by atoms with van der Waals surface area (Å²) in [5.74, 6) is 0. The first-order chi connectivity index (χ1) is 8.22. The van der Waals surface area contributed by atoms with Crippen molar-refractivity contribution in [1.29, 1.82) is 0 Å². The zero-order chi connectivity index (χ0) is 15.1. The Morgan fingerprint density at radius 2 is 1.21 bits per heavy atom. The molecule has 0 aromatic heterocycles. The van der Waals surface area contributed by atoms with E-state index in [9.17, 15) is 26.3 Å². The highest BCUT2D eigenvalue weighted by atomic mass is 19.4. The number of hydrogen-bond donors (Lipinski definition) is 1. The lowest BCUT2D eigenvalue weighted by Gasteiger charge is -2.50. The average Bonchev–Trinajstić information content (AvgIpc) is 1.87. The Labute approximate surface area is 108 Å². The molecule has 2 atom stereocenters. The smallest absolute Gasteiger partial charge is 0.303 e. The monoisotopic (exact) mass is 292 g/mol. The van der Waals surface area contributed by atoms with Crippen LogP contribution in [0.25, 0.3) is 0 Å². The van der Waals surface area contributed by atoms with E-state index in [0.29, 0.717) is 0 Å². The zero-order valence-electron chi connectivity index (χ0n) is 11.0. The lowest BCUT2D eigenvalue weighted by atomic mass is 9.84. The minimum Gasteiger partial charge on any atom is -0.303 e. The second kappa shape index (κ2) is 4.80. The molecule has 0 spiro atoms. The summed E-state index contributed by atoms with van der Waals surface area (Å²) in [5.41, 5.74) is -2.82. The van der Waals surface area contributed by atoms with Crippen LogP contribution in [0.2, 0.25) is 0 Å². The first kappa shape index (κ1) is 16.6. The number of piperazine rings is 1. The van der Waals surface area contributed by atoms with Crippen molar-refractivity contribution in [1.82, 2.24) is 10.2 Å². The van der Waals surface area contributed by atoms with Crippen molar-refractivity contribution in [2.24, 2.45) is 0 Å². The first-order valence-corrected chi connectivity index (χ1v) is 5.83. The molecule has 0 radical (unpaired) electrons. The van der Waals surface area contributed by atoms with E-state index in [-0.39, 0.29) is 13.1 Å². The predicted octanol–water partition coefficient (Wildman–Crippen LogP) is 2.94. The summed E-state index contributed by atoms with van der Waals surface area (Å²) in [4.78, 5) is 1.51. The Morgan fingerprint density at radius 3 is 1.47 bits per heavy atom. The van der Waals surface area contributed by atoms with E-state index in [1.54, 1.807) is 0 Å². The highest BCUT2D eigenvalue weighted by Gasteiger charge is 2.50. The molecule has 2 unspecified atom stereocenters. The van der Waals surface area contributed by atoms with Crippen molar-refractivity contribution in [3.05, 3.63) is 0 Å². The maximum atomic E-state index is 12.5. The largest absolute Gasteiger partial charge is 0.390 e. The highest BCUT2D eigenvalue weighted by molar-refractivity contribution is 5.03. The molecule has 8 heteroatoms. The van der Waals surface area contributed by atoms with Crippen molar-refractivity contribution in [3.63, 3.8) is 0 Å². The molecule has 1 N–H and O–H groups in total. The third-order valence-electron chi connectivity index (χ3n) is 3.02. The van der Waals surface area contributed by atoms with Crippen molar-refractivity contribution >= 4 is 0 Å². The van der Waals surface area contributed by atoms with Crippen LogP contribution < -0.4 is 5.32 Å². The topological polar surface area (TPSA) is 15.3 Å². The van der Waals surface area contributed by atoms with Gasteiger partial charge in [0, 0.05) is 24.2 Å². The SMILES string of the molecule is CN1CC(C)(CC(F)(F)F)NC(C)(CC(F)(F)F)C1. The van der Waals surface area contributed by atoms with Gasteiger partial charge in [-0.1, -0.05) is 0 Å². The summed E-state index contributed by atoms with van der Waals surface area (Å²) in [6.07, 6.45) is -11.1. The lowest BCUT2D eigenvalue weighted by Crippen LogP contribution is -2.69. The van der Waals surface area contributed by atoms with Gasteiger partial charge in [0.2, 0.25) is 0 Å². The number of alkyl halides is 6. The van der Waals surface area contributed by atoms with Crippen LogP contribution in [-0.4, -0.2) is 48.5 Å². The zero-order valence-corrected chi connectivity index (χ0v) is 11.0. The number of nitrogens with one attached hydrogen (secondary N) is 1. The van der Waals surface area contributed by atoms with Gasteiger partial charge in [0.15, 0.2) is 0 Å². The van der Waals surface area contributed by atoms with Gasteiger partial charge in [0.1, 0.15) is 0 Å². The van der Waals surface area contributed by atoms with Gasteiger partial charge in [-0.25, -0.2) is 0 Å². The van der Waals surface area contributed by atoms with Gasteiger partial charge < -0.3 is 10.2 Å². The van der Waals surface area contributed by atoms with Gasteiger partial charge >= 0.3 is 12.4 Å². The molecule has 1 aliphatic heterocycles. The molecule has 0 aliphatic carbocycles. The Kier molecular flexibility index (Phi) is 4.18. The van der Waals surface area contributed by atoms with Crippen LogP contribution in [0.4, 0.5) is 26.3 Å². The van der Waals surface area contributed by atoms with E-state index in [4.69, 9.17) is 0 Å². The minimum atomic E-state index is -4.42. The lowest BCUT2D eigenvalue weighted by molar-refractivity contribution is -0.171. The van der Waals surface area contributed by atoms with Gasteiger partial charge in [-0.15, -0.1) is 0 Å². The predicted molar refractivity (Wildman–Crippen MR) is 58.8 cm³/mol. The van der Waals surface area contributed by atoms with Crippen molar-refractivity contribution < 1.29 is 26.3 Å². The van der Waals surface area contributed by atoms with Crippen LogP contribution >= 0.6 is 0 Å². The van der Waals surface area contributed by atoms with Gasteiger partial charge in [0.25, 0.3) is 0 Å². The molecule has 114 valence electrons. The first-order valence-electron chi connectivity index (χ1n) is 5.83. The maximum absolute atomic E-state index is 12.5. The summed E-state index contributed by atoms with van der Waals surface area (Å²) in [6.45, 7) is 2.73. The molecule has 0 amide bonds. The molecule has 0 aromatic carbocycles. The standard InChI is InChI=1S/C11H18F6N2/c1-8(4-10(12,13)14)6-19(3)7-9(2,18-8)5-11(15,16)17/h18H,4-7H2,1-3H3. The summed E-state index contributed by atoms with van der Waals surface area (Å²) in [7, 11) is 1.53. The third-order valence-corrected chi connectivity index (χ3v) is 3.02. The Hall–Kier alpha value is -0.500. The van der Waals surface area contributed by atoms with Crippen LogP contribution in [-0.2, 0) is 0 Å². The van der Waals surface area contributed by atoms with Gasteiger partial charge in [0.05, 0.1) is 12.8 Å². The molecule has 1 aliphatic rings. The van der Waals surface area contributed by atoms with Crippen LogP contribution in [0, 0.1) is 0 Å². The quantitative estimate of drug-likeness (QED) is 0.787. The van der Waals surface area contributed by atoms with Gasteiger partial charge in [-0.05, 0) is 20.9 Å². The number of rotatable bonds is 2. The fraction of sp³-hybridized carbons (Fsp3) is 1.00. The van der Waals surface area contributed by atoms with Crippen LogP contribution in [0.15, 0.2) is 0 Å². The van der Waals surface area contributed by atoms with Crippen molar-refractivity contribution in [3.8, 4) is 0 Å². The molecular formula is C11H18F6N2.